The number of anilines is 2. The summed E-state index contributed by atoms with van der Waals surface area (Å²) < 4.78 is 5.03. The van der Waals surface area contributed by atoms with Gasteiger partial charge in [-0.2, -0.15) is 4.98 Å². The van der Waals surface area contributed by atoms with E-state index in [-0.39, 0.29) is 11.6 Å². The third-order valence-corrected chi connectivity index (χ3v) is 2.52. The van der Waals surface area contributed by atoms with Gasteiger partial charge in [-0.25, -0.2) is 4.98 Å². The van der Waals surface area contributed by atoms with Crippen LogP contribution in [-0.2, 0) is 0 Å². The second-order valence-electron chi connectivity index (χ2n) is 4.16. The summed E-state index contributed by atoms with van der Waals surface area (Å²) in [6.45, 7) is 4.47. The molecule has 21 heavy (non-hydrogen) atoms. The van der Waals surface area contributed by atoms with Crippen LogP contribution in [0.15, 0.2) is 18.2 Å². The van der Waals surface area contributed by atoms with E-state index in [4.69, 9.17) is 4.74 Å². The van der Waals surface area contributed by atoms with Gasteiger partial charge in [0, 0.05) is 18.3 Å². The van der Waals surface area contributed by atoms with E-state index in [1.165, 1.54) is 7.11 Å². The van der Waals surface area contributed by atoms with Crippen molar-refractivity contribution in [2.24, 2.45) is 0 Å². The predicted octanol–water partition coefficient (Wildman–Crippen LogP) is 1.27. The smallest absolute Gasteiger partial charge is 0.278 e. The summed E-state index contributed by atoms with van der Waals surface area (Å²) in [5.41, 5.74) is 0.867. The molecule has 0 aliphatic carbocycles. The molecule has 0 fully saturated rings. The fourth-order valence-electron chi connectivity index (χ4n) is 1.59. The summed E-state index contributed by atoms with van der Waals surface area (Å²) in [5.74, 6) is 0.724. The SMILES string of the molecule is CCNc1ccc(C(=O)Nc2nc(C)cc(OC)n2)nn1. The minimum Gasteiger partial charge on any atom is -0.481 e. The molecule has 8 nitrogen and oxygen atoms in total. The zero-order valence-corrected chi connectivity index (χ0v) is 12.0. The van der Waals surface area contributed by atoms with Gasteiger partial charge in [0.2, 0.25) is 11.8 Å². The van der Waals surface area contributed by atoms with Crippen LogP contribution in [0.25, 0.3) is 0 Å². The van der Waals surface area contributed by atoms with Crippen LogP contribution in [0.3, 0.4) is 0 Å². The van der Waals surface area contributed by atoms with Gasteiger partial charge in [-0.15, -0.1) is 10.2 Å². The number of hydrogen-bond acceptors (Lipinski definition) is 7. The van der Waals surface area contributed by atoms with Crippen LogP contribution in [0.5, 0.6) is 5.88 Å². The lowest BCUT2D eigenvalue weighted by Gasteiger charge is -2.06. The molecular weight excluding hydrogens is 272 g/mol. The number of carbonyl (C=O) groups is 1. The van der Waals surface area contributed by atoms with Crippen molar-refractivity contribution in [1.29, 1.82) is 0 Å². The lowest BCUT2D eigenvalue weighted by Crippen LogP contribution is -2.17. The molecular formula is C13H16N6O2. The van der Waals surface area contributed by atoms with E-state index >= 15 is 0 Å². The molecule has 2 aromatic heterocycles. The van der Waals surface area contributed by atoms with Gasteiger partial charge >= 0.3 is 0 Å². The number of hydrogen-bond donors (Lipinski definition) is 2. The van der Waals surface area contributed by atoms with Crippen molar-refractivity contribution in [3.05, 3.63) is 29.6 Å². The first-order valence-electron chi connectivity index (χ1n) is 6.41. The Hall–Kier alpha value is -2.77. The first-order valence-corrected chi connectivity index (χ1v) is 6.41. The Balaban J connectivity index is 2.12. The highest BCUT2D eigenvalue weighted by molar-refractivity contribution is 6.01. The molecule has 8 heteroatoms. The molecule has 0 saturated heterocycles. The minimum absolute atomic E-state index is 0.161. The molecule has 2 aromatic rings. The normalized spacial score (nSPS) is 10.0. The van der Waals surface area contributed by atoms with Gasteiger partial charge in [0.05, 0.1) is 7.11 Å². The molecule has 2 rings (SSSR count). The van der Waals surface area contributed by atoms with Crippen molar-refractivity contribution in [3.8, 4) is 5.88 Å². The third kappa shape index (κ3) is 3.85. The topological polar surface area (TPSA) is 102 Å². The second kappa shape index (κ2) is 6.60. The summed E-state index contributed by atoms with van der Waals surface area (Å²) in [7, 11) is 1.50. The molecule has 110 valence electrons. The van der Waals surface area contributed by atoms with E-state index < -0.39 is 5.91 Å². The van der Waals surface area contributed by atoms with Crippen molar-refractivity contribution in [3.63, 3.8) is 0 Å². The highest BCUT2D eigenvalue weighted by Gasteiger charge is 2.11. The Labute approximate surface area is 122 Å². The fourth-order valence-corrected chi connectivity index (χ4v) is 1.59. The van der Waals surface area contributed by atoms with Crippen LogP contribution in [0.4, 0.5) is 11.8 Å². The van der Waals surface area contributed by atoms with Gasteiger partial charge in [0.25, 0.3) is 5.91 Å². The predicted molar refractivity (Wildman–Crippen MR) is 77.5 cm³/mol. The lowest BCUT2D eigenvalue weighted by atomic mass is 10.3. The van der Waals surface area contributed by atoms with Gasteiger partial charge in [-0.05, 0) is 26.0 Å². The number of nitrogens with one attached hydrogen (secondary N) is 2. The molecule has 0 radical (unpaired) electrons. The Kier molecular flexibility index (Phi) is 4.60. The zero-order valence-electron chi connectivity index (χ0n) is 12.0. The van der Waals surface area contributed by atoms with E-state index in [2.05, 4.69) is 30.8 Å². The number of ether oxygens (including phenoxy) is 1. The van der Waals surface area contributed by atoms with Gasteiger partial charge < -0.3 is 10.1 Å². The van der Waals surface area contributed by atoms with Crippen molar-refractivity contribution in [1.82, 2.24) is 20.2 Å². The van der Waals surface area contributed by atoms with E-state index in [1.807, 2.05) is 6.92 Å². The highest BCUT2D eigenvalue weighted by atomic mass is 16.5. The minimum atomic E-state index is -0.432. The number of aryl methyl sites for hydroxylation is 1. The van der Waals surface area contributed by atoms with E-state index in [0.29, 0.717) is 17.4 Å². The van der Waals surface area contributed by atoms with Gasteiger partial charge in [0.15, 0.2) is 5.69 Å². The van der Waals surface area contributed by atoms with Crippen molar-refractivity contribution >= 4 is 17.7 Å². The quantitative estimate of drug-likeness (QED) is 0.854. The van der Waals surface area contributed by atoms with Crippen molar-refractivity contribution in [2.45, 2.75) is 13.8 Å². The van der Waals surface area contributed by atoms with Crippen LogP contribution >= 0.6 is 0 Å². The van der Waals surface area contributed by atoms with E-state index in [1.54, 1.807) is 25.1 Å². The molecule has 0 saturated carbocycles. The van der Waals surface area contributed by atoms with Gasteiger partial charge in [-0.1, -0.05) is 0 Å². The highest BCUT2D eigenvalue weighted by Crippen LogP contribution is 2.12. The maximum absolute atomic E-state index is 12.0. The molecule has 0 aromatic carbocycles. The number of carbonyl (C=O) groups excluding carboxylic acids is 1. The summed E-state index contributed by atoms with van der Waals surface area (Å²) in [6.07, 6.45) is 0. The Bertz CT molecular complexity index is 629. The molecule has 2 heterocycles. The molecule has 0 unspecified atom stereocenters. The Morgan fingerprint density at radius 3 is 2.71 bits per heavy atom. The number of rotatable bonds is 5. The first-order chi connectivity index (χ1) is 10.1. The van der Waals surface area contributed by atoms with E-state index in [9.17, 15) is 4.79 Å². The molecule has 0 bridgehead atoms. The monoisotopic (exact) mass is 288 g/mol. The molecule has 0 aliphatic heterocycles. The van der Waals surface area contributed by atoms with Crippen molar-refractivity contribution in [2.75, 3.05) is 24.3 Å². The number of nitrogens with zero attached hydrogens (tertiary/aromatic N) is 4. The van der Waals surface area contributed by atoms with Gasteiger partial charge in [-0.3, -0.25) is 10.1 Å². The summed E-state index contributed by atoms with van der Waals surface area (Å²) in [4.78, 5) is 20.2. The standard InChI is InChI=1S/C13H16N6O2/c1-4-14-10-6-5-9(18-19-10)12(20)17-13-15-8(2)7-11(16-13)21-3/h5-7H,4H2,1-3H3,(H,14,19)(H,15,16,17,20). The molecule has 0 atom stereocenters. The number of methoxy groups -OCH3 is 1. The second-order valence-corrected chi connectivity index (χ2v) is 4.16. The first kappa shape index (κ1) is 14.6. The third-order valence-electron chi connectivity index (χ3n) is 2.52. The maximum Gasteiger partial charge on any atom is 0.278 e. The molecule has 0 aliphatic rings. The Morgan fingerprint density at radius 2 is 2.10 bits per heavy atom. The van der Waals surface area contributed by atoms with Crippen LogP contribution in [0.1, 0.15) is 23.1 Å². The number of aromatic nitrogens is 4. The molecule has 2 N–H and O–H groups in total. The van der Waals surface area contributed by atoms with Crippen LogP contribution in [0.2, 0.25) is 0 Å². The van der Waals surface area contributed by atoms with Crippen LogP contribution in [-0.4, -0.2) is 39.7 Å². The van der Waals surface area contributed by atoms with Crippen molar-refractivity contribution < 1.29 is 9.53 Å². The van der Waals surface area contributed by atoms with Crippen LogP contribution < -0.4 is 15.4 Å². The number of amides is 1. The fraction of sp³-hybridized carbons (Fsp3) is 0.308. The Morgan fingerprint density at radius 1 is 1.29 bits per heavy atom. The van der Waals surface area contributed by atoms with E-state index in [0.717, 1.165) is 6.54 Å². The summed E-state index contributed by atoms with van der Waals surface area (Å²) in [6, 6.07) is 4.93. The largest absolute Gasteiger partial charge is 0.481 e. The maximum atomic E-state index is 12.0. The molecule has 1 amide bonds. The zero-order chi connectivity index (χ0) is 15.2. The van der Waals surface area contributed by atoms with Gasteiger partial charge in [0.1, 0.15) is 5.82 Å². The molecule has 0 spiro atoms. The average Bonchev–Trinajstić information content (AvgIpc) is 2.47. The average molecular weight is 288 g/mol. The van der Waals surface area contributed by atoms with Crippen LogP contribution in [0, 0.1) is 6.92 Å². The summed E-state index contributed by atoms with van der Waals surface area (Å²) >= 11 is 0. The lowest BCUT2D eigenvalue weighted by molar-refractivity contribution is 0.102. The summed E-state index contributed by atoms with van der Waals surface area (Å²) in [5, 5.41) is 13.3.